The monoisotopic (exact) mass is 396 g/mol. The average Bonchev–Trinajstić information content (AvgIpc) is 3.12. The number of methoxy groups -OCH3 is 2. The number of ether oxygens (including phenoxy) is 2. The van der Waals surface area contributed by atoms with Gasteiger partial charge in [0.25, 0.3) is 5.91 Å². The molecule has 1 fully saturated rings. The number of nitrogens with one attached hydrogen (secondary N) is 1. The van der Waals surface area contributed by atoms with E-state index >= 15 is 0 Å². The van der Waals surface area contributed by atoms with Gasteiger partial charge in [-0.05, 0) is 43.5 Å². The maximum absolute atomic E-state index is 12.8. The third kappa shape index (κ3) is 4.77. The topological polar surface area (TPSA) is 67.9 Å². The van der Waals surface area contributed by atoms with Crippen LogP contribution < -0.4 is 10.1 Å². The van der Waals surface area contributed by atoms with Gasteiger partial charge in [-0.1, -0.05) is 35.9 Å². The number of para-hydroxylation sites is 1. The summed E-state index contributed by atoms with van der Waals surface area (Å²) in [4.78, 5) is 27.2. The lowest BCUT2D eigenvalue weighted by Crippen LogP contribution is -2.38. The summed E-state index contributed by atoms with van der Waals surface area (Å²) in [6.45, 7) is 5.34. The fraction of sp³-hybridized carbons (Fsp3) is 0.391. The molecule has 0 spiro atoms. The summed E-state index contributed by atoms with van der Waals surface area (Å²) < 4.78 is 10.3. The Kier molecular flexibility index (Phi) is 6.54. The lowest BCUT2D eigenvalue weighted by Gasteiger charge is -2.23. The second kappa shape index (κ2) is 9.09. The van der Waals surface area contributed by atoms with Crippen molar-refractivity contribution in [2.45, 2.75) is 38.9 Å². The van der Waals surface area contributed by atoms with Crippen molar-refractivity contribution in [1.82, 2.24) is 10.2 Å². The molecular formula is C23H28N2O4. The van der Waals surface area contributed by atoms with Crippen LogP contribution in [0.4, 0.5) is 0 Å². The van der Waals surface area contributed by atoms with Crippen molar-refractivity contribution in [3.05, 3.63) is 64.7 Å². The summed E-state index contributed by atoms with van der Waals surface area (Å²) in [5.74, 6) is 0.0498. The SMILES string of the molecule is COC(=O)[C@@H]1C[C@H](NC(=O)c2ccccc2OC)CN1Cc1cc(C)ccc1C. The molecular weight excluding hydrogens is 368 g/mol. The Morgan fingerprint density at radius 1 is 1.14 bits per heavy atom. The predicted molar refractivity (Wildman–Crippen MR) is 111 cm³/mol. The molecule has 0 aliphatic carbocycles. The smallest absolute Gasteiger partial charge is 0.323 e. The molecule has 1 saturated heterocycles. The van der Waals surface area contributed by atoms with E-state index in [0.29, 0.717) is 30.8 Å². The molecule has 154 valence electrons. The van der Waals surface area contributed by atoms with E-state index in [2.05, 4.69) is 42.3 Å². The molecule has 1 amide bonds. The lowest BCUT2D eigenvalue weighted by atomic mass is 10.0. The van der Waals surface area contributed by atoms with E-state index in [0.717, 1.165) is 0 Å². The first-order valence-corrected chi connectivity index (χ1v) is 9.74. The third-order valence-electron chi connectivity index (χ3n) is 5.44. The molecule has 2 atom stereocenters. The molecule has 0 bridgehead atoms. The summed E-state index contributed by atoms with van der Waals surface area (Å²) in [6, 6.07) is 12.9. The number of amides is 1. The number of likely N-dealkylation sites (tertiary alicyclic amines) is 1. The van der Waals surface area contributed by atoms with Crippen LogP contribution >= 0.6 is 0 Å². The molecule has 0 unspecified atom stereocenters. The molecule has 2 aromatic rings. The number of carbonyl (C=O) groups is 2. The summed E-state index contributed by atoms with van der Waals surface area (Å²) in [6.07, 6.45) is 0.512. The van der Waals surface area contributed by atoms with Gasteiger partial charge in [-0.3, -0.25) is 14.5 Å². The Balaban J connectivity index is 1.76. The summed E-state index contributed by atoms with van der Waals surface area (Å²) >= 11 is 0. The zero-order valence-electron chi connectivity index (χ0n) is 17.4. The van der Waals surface area contributed by atoms with E-state index in [1.165, 1.54) is 23.8 Å². The molecule has 1 aliphatic heterocycles. The zero-order chi connectivity index (χ0) is 21.0. The summed E-state index contributed by atoms with van der Waals surface area (Å²) in [5, 5.41) is 3.05. The van der Waals surface area contributed by atoms with Crippen molar-refractivity contribution in [2.75, 3.05) is 20.8 Å². The van der Waals surface area contributed by atoms with Crippen LogP contribution in [0.1, 0.15) is 33.5 Å². The largest absolute Gasteiger partial charge is 0.496 e. The number of hydrogen-bond acceptors (Lipinski definition) is 5. The van der Waals surface area contributed by atoms with Crippen LogP contribution in [0.3, 0.4) is 0 Å². The Morgan fingerprint density at radius 2 is 1.90 bits per heavy atom. The van der Waals surface area contributed by atoms with Gasteiger partial charge in [-0.25, -0.2) is 0 Å². The highest BCUT2D eigenvalue weighted by Gasteiger charge is 2.38. The van der Waals surface area contributed by atoms with Gasteiger partial charge in [0.05, 0.1) is 19.8 Å². The van der Waals surface area contributed by atoms with Gasteiger partial charge in [0, 0.05) is 19.1 Å². The second-order valence-electron chi connectivity index (χ2n) is 7.50. The quantitative estimate of drug-likeness (QED) is 0.761. The Labute approximate surface area is 171 Å². The molecule has 2 aromatic carbocycles. The highest BCUT2D eigenvalue weighted by Crippen LogP contribution is 2.25. The van der Waals surface area contributed by atoms with E-state index in [1.54, 1.807) is 25.3 Å². The number of carbonyl (C=O) groups excluding carboxylic acids is 2. The fourth-order valence-electron chi connectivity index (χ4n) is 3.85. The number of nitrogens with zero attached hydrogens (tertiary/aromatic N) is 1. The second-order valence-corrected chi connectivity index (χ2v) is 7.50. The first kappa shape index (κ1) is 20.9. The normalized spacial score (nSPS) is 19.0. The van der Waals surface area contributed by atoms with E-state index < -0.39 is 0 Å². The van der Waals surface area contributed by atoms with Gasteiger partial charge < -0.3 is 14.8 Å². The zero-order valence-corrected chi connectivity index (χ0v) is 17.4. The molecule has 3 rings (SSSR count). The molecule has 0 radical (unpaired) electrons. The predicted octanol–water partition coefficient (Wildman–Crippen LogP) is 2.86. The molecule has 1 heterocycles. The number of hydrogen-bond donors (Lipinski definition) is 1. The van der Waals surface area contributed by atoms with Gasteiger partial charge in [0.2, 0.25) is 0 Å². The average molecular weight is 396 g/mol. The van der Waals surface area contributed by atoms with Crippen molar-refractivity contribution in [3.8, 4) is 5.75 Å². The highest BCUT2D eigenvalue weighted by atomic mass is 16.5. The molecule has 0 aromatic heterocycles. The van der Waals surface area contributed by atoms with Gasteiger partial charge in [-0.2, -0.15) is 0 Å². The summed E-state index contributed by atoms with van der Waals surface area (Å²) in [5.41, 5.74) is 4.02. The first-order valence-electron chi connectivity index (χ1n) is 9.74. The van der Waals surface area contributed by atoms with Crippen molar-refractivity contribution in [1.29, 1.82) is 0 Å². The molecule has 6 nitrogen and oxygen atoms in total. The Bertz CT molecular complexity index is 896. The minimum atomic E-state index is -0.386. The number of esters is 1. The lowest BCUT2D eigenvalue weighted by molar-refractivity contribution is -0.146. The molecule has 29 heavy (non-hydrogen) atoms. The van der Waals surface area contributed by atoms with E-state index in [4.69, 9.17) is 9.47 Å². The number of benzene rings is 2. The van der Waals surface area contributed by atoms with Gasteiger partial charge in [-0.15, -0.1) is 0 Å². The van der Waals surface area contributed by atoms with Crippen LogP contribution in [0.15, 0.2) is 42.5 Å². The minimum absolute atomic E-state index is 0.151. The fourth-order valence-corrected chi connectivity index (χ4v) is 3.85. The van der Waals surface area contributed by atoms with Crippen LogP contribution in [-0.2, 0) is 16.1 Å². The highest BCUT2D eigenvalue weighted by molar-refractivity contribution is 5.97. The standard InChI is InChI=1S/C23H28N2O4/c1-15-9-10-16(2)17(11-15)13-25-14-18(12-20(25)23(27)29-4)24-22(26)19-7-5-6-8-21(19)28-3/h5-11,18,20H,12-14H2,1-4H3,(H,24,26)/t18-,20-/m0/s1. The maximum Gasteiger partial charge on any atom is 0.323 e. The molecule has 1 aliphatic rings. The van der Waals surface area contributed by atoms with Gasteiger partial charge in [0.15, 0.2) is 0 Å². The first-order chi connectivity index (χ1) is 13.9. The Hall–Kier alpha value is -2.86. The number of rotatable bonds is 6. The van der Waals surface area contributed by atoms with Gasteiger partial charge in [0.1, 0.15) is 11.8 Å². The van der Waals surface area contributed by atoms with Crippen molar-refractivity contribution in [3.63, 3.8) is 0 Å². The molecule has 6 heteroatoms. The molecule has 1 N–H and O–H groups in total. The van der Waals surface area contributed by atoms with E-state index in [-0.39, 0.29) is 24.0 Å². The van der Waals surface area contributed by atoms with E-state index in [9.17, 15) is 9.59 Å². The minimum Gasteiger partial charge on any atom is -0.496 e. The summed E-state index contributed by atoms with van der Waals surface area (Å²) in [7, 11) is 2.94. The Morgan fingerprint density at radius 3 is 2.62 bits per heavy atom. The van der Waals surface area contributed by atoms with Crippen LogP contribution in [0.2, 0.25) is 0 Å². The van der Waals surface area contributed by atoms with Crippen molar-refractivity contribution < 1.29 is 19.1 Å². The van der Waals surface area contributed by atoms with E-state index in [1.807, 2.05) is 6.07 Å². The molecule has 0 saturated carbocycles. The van der Waals surface area contributed by atoms with Crippen molar-refractivity contribution in [2.24, 2.45) is 0 Å². The third-order valence-corrected chi connectivity index (χ3v) is 5.44. The van der Waals surface area contributed by atoms with Crippen LogP contribution in [-0.4, -0.2) is 49.6 Å². The van der Waals surface area contributed by atoms with Gasteiger partial charge >= 0.3 is 5.97 Å². The van der Waals surface area contributed by atoms with Crippen molar-refractivity contribution >= 4 is 11.9 Å². The van der Waals surface area contributed by atoms with Crippen LogP contribution in [0.25, 0.3) is 0 Å². The van der Waals surface area contributed by atoms with Crippen LogP contribution in [0, 0.1) is 13.8 Å². The maximum atomic E-state index is 12.8. The number of aryl methyl sites for hydroxylation is 2. The van der Waals surface area contributed by atoms with Crippen LogP contribution in [0.5, 0.6) is 5.75 Å².